The van der Waals surface area contributed by atoms with Crippen LogP contribution in [0.2, 0.25) is 0 Å². The van der Waals surface area contributed by atoms with Gasteiger partial charge in [-0.05, 0) is 18.1 Å². The topological polar surface area (TPSA) is 126 Å². The predicted octanol–water partition coefficient (Wildman–Crippen LogP) is 0.321. The molecule has 0 saturated heterocycles. The molecular formula is C16H18N6O3. The van der Waals surface area contributed by atoms with Gasteiger partial charge in [-0.3, -0.25) is 19.1 Å². The highest BCUT2D eigenvalue weighted by molar-refractivity contribution is 5.81. The molecule has 0 aliphatic carbocycles. The van der Waals surface area contributed by atoms with E-state index in [-0.39, 0.29) is 23.9 Å². The second-order valence-corrected chi connectivity index (χ2v) is 6.01. The van der Waals surface area contributed by atoms with Crippen LogP contribution in [0.15, 0.2) is 40.2 Å². The van der Waals surface area contributed by atoms with Crippen LogP contribution in [0.1, 0.15) is 25.7 Å². The second-order valence-electron chi connectivity index (χ2n) is 6.01. The molecule has 0 radical (unpaired) electrons. The van der Waals surface area contributed by atoms with Crippen LogP contribution in [0, 0.1) is 5.92 Å². The normalized spacial score (nSPS) is 12.4. The Morgan fingerprint density at radius 3 is 2.72 bits per heavy atom. The average Bonchev–Trinajstić information content (AvgIpc) is 3.01. The van der Waals surface area contributed by atoms with Crippen molar-refractivity contribution >= 4 is 16.8 Å². The third-order valence-corrected chi connectivity index (χ3v) is 3.87. The molecule has 25 heavy (non-hydrogen) atoms. The van der Waals surface area contributed by atoms with E-state index in [0.29, 0.717) is 16.7 Å². The Morgan fingerprint density at radius 2 is 2.04 bits per heavy atom. The lowest BCUT2D eigenvalue weighted by molar-refractivity contribution is -0.125. The maximum atomic E-state index is 12.7. The van der Waals surface area contributed by atoms with Crippen molar-refractivity contribution in [2.75, 3.05) is 0 Å². The standard InChI is InChI=1S/C16H18N6O3/c1-9(2)13(14(23)17-7-12-19-16(25)21-20-12)22-8-18-11-6-4-3-5-10(11)15(22)24/h3-6,8-9,13H,7H2,1-2H3,(H,17,23)(H2,19,20,21,25)/t13-/m1/s1. The zero-order chi connectivity index (χ0) is 18.0. The SMILES string of the molecule is CC(C)[C@H](C(=O)NCc1n[nH]c(=O)[nH]1)n1cnc2ccccc2c1=O. The highest BCUT2D eigenvalue weighted by Gasteiger charge is 2.26. The Labute approximate surface area is 142 Å². The fourth-order valence-electron chi connectivity index (χ4n) is 2.70. The maximum absolute atomic E-state index is 12.7. The molecule has 3 aromatic rings. The monoisotopic (exact) mass is 342 g/mol. The van der Waals surface area contributed by atoms with Crippen molar-refractivity contribution in [1.82, 2.24) is 30.0 Å². The maximum Gasteiger partial charge on any atom is 0.340 e. The Bertz CT molecular complexity index is 1020. The lowest BCUT2D eigenvalue weighted by Gasteiger charge is -2.22. The summed E-state index contributed by atoms with van der Waals surface area (Å²) in [5.41, 5.74) is -0.131. The summed E-state index contributed by atoms with van der Waals surface area (Å²) in [6, 6.07) is 6.27. The molecule has 2 heterocycles. The van der Waals surface area contributed by atoms with E-state index in [1.165, 1.54) is 10.9 Å². The number of aromatic amines is 2. The van der Waals surface area contributed by atoms with Crippen LogP contribution in [0.5, 0.6) is 0 Å². The van der Waals surface area contributed by atoms with Crippen molar-refractivity contribution < 1.29 is 4.79 Å². The number of rotatable bonds is 5. The Morgan fingerprint density at radius 1 is 1.28 bits per heavy atom. The molecule has 3 N–H and O–H groups in total. The number of nitrogens with one attached hydrogen (secondary N) is 3. The van der Waals surface area contributed by atoms with Gasteiger partial charge in [-0.2, -0.15) is 5.10 Å². The molecular weight excluding hydrogens is 324 g/mol. The minimum atomic E-state index is -0.727. The summed E-state index contributed by atoms with van der Waals surface area (Å²) in [6.07, 6.45) is 1.39. The van der Waals surface area contributed by atoms with Crippen molar-refractivity contribution in [1.29, 1.82) is 0 Å². The van der Waals surface area contributed by atoms with Crippen LogP contribution in [0.4, 0.5) is 0 Å². The number of para-hydroxylation sites is 1. The van der Waals surface area contributed by atoms with Crippen molar-refractivity contribution in [2.24, 2.45) is 5.92 Å². The van der Waals surface area contributed by atoms with Gasteiger partial charge in [0.2, 0.25) is 5.91 Å². The number of carbonyl (C=O) groups excluding carboxylic acids is 1. The number of benzene rings is 1. The van der Waals surface area contributed by atoms with Gasteiger partial charge in [-0.15, -0.1) is 0 Å². The Hall–Kier alpha value is -3.23. The first-order chi connectivity index (χ1) is 12.0. The molecule has 3 rings (SSSR count). The molecule has 0 fully saturated rings. The van der Waals surface area contributed by atoms with Gasteiger partial charge in [-0.25, -0.2) is 14.9 Å². The van der Waals surface area contributed by atoms with Gasteiger partial charge in [-0.1, -0.05) is 26.0 Å². The molecule has 0 spiro atoms. The lowest BCUT2D eigenvalue weighted by atomic mass is 10.0. The molecule has 130 valence electrons. The lowest BCUT2D eigenvalue weighted by Crippen LogP contribution is -2.40. The fourth-order valence-corrected chi connectivity index (χ4v) is 2.70. The van der Waals surface area contributed by atoms with Crippen molar-refractivity contribution in [3.05, 3.63) is 57.3 Å². The van der Waals surface area contributed by atoms with Gasteiger partial charge < -0.3 is 5.32 Å². The number of fused-ring (bicyclic) bond motifs is 1. The van der Waals surface area contributed by atoms with E-state index in [1.54, 1.807) is 24.3 Å². The van der Waals surface area contributed by atoms with Crippen LogP contribution in [0.3, 0.4) is 0 Å². The minimum Gasteiger partial charge on any atom is -0.347 e. The summed E-state index contributed by atoms with van der Waals surface area (Å²) in [5, 5.41) is 9.11. The number of carbonyl (C=O) groups is 1. The molecule has 0 aliphatic rings. The van der Waals surface area contributed by atoms with Gasteiger partial charge in [0, 0.05) is 0 Å². The summed E-state index contributed by atoms with van der Waals surface area (Å²) in [6.45, 7) is 3.75. The Kier molecular flexibility index (Phi) is 4.46. The molecule has 0 aliphatic heterocycles. The van der Waals surface area contributed by atoms with E-state index in [1.807, 2.05) is 13.8 Å². The summed E-state index contributed by atoms with van der Waals surface area (Å²) in [7, 11) is 0. The number of hydrogen-bond donors (Lipinski definition) is 3. The van der Waals surface area contributed by atoms with Crippen molar-refractivity contribution in [3.63, 3.8) is 0 Å². The van der Waals surface area contributed by atoms with Gasteiger partial charge in [0.05, 0.1) is 23.8 Å². The first-order valence-corrected chi connectivity index (χ1v) is 7.84. The van der Waals surface area contributed by atoms with Gasteiger partial charge in [0.1, 0.15) is 11.9 Å². The van der Waals surface area contributed by atoms with E-state index < -0.39 is 11.7 Å². The number of aromatic nitrogens is 5. The number of H-pyrrole nitrogens is 2. The first-order valence-electron chi connectivity index (χ1n) is 7.84. The molecule has 1 aromatic carbocycles. The van der Waals surface area contributed by atoms with Crippen LogP contribution >= 0.6 is 0 Å². The molecule has 2 aromatic heterocycles. The molecule has 1 amide bonds. The molecule has 1 atom stereocenters. The molecule has 0 unspecified atom stereocenters. The van der Waals surface area contributed by atoms with Crippen LogP contribution in [-0.4, -0.2) is 30.6 Å². The highest BCUT2D eigenvalue weighted by Crippen LogP contribution is 2.17. The second kappa shape index (κ2) is 6.71. The smallest absolute Gasteiger partial charge is 0.340 e. The van der Waals surface area contributed by atoms with Gasteiger partial charge >= 0.3 is 5.69 Å². The molecule has 0 bridgehead atoms. The number of nitrogens with zero attached hydrogens (tertiary/aromatic N) is 3. The van der Waals surface area contributed by atoms with E-state index in [9.17, 15) is 14.4 Å². The zero-order valence-corrected chi connectivity index (χ0v) is 13.8. The summed E-state index contributed by atoms with van der Waals surface area (Å²) < 4.78 is 1.34. The first kappa shape index (κ1) is 16.6. The van der Waals surface area contributed by atoms with E-state index >= 15 is 0 Å². The molecule has 9 nitrogen and oxygen atoms in total. The molecule has 0 saturated carbocycles. The van der Waals surface area contributed by atoms with Crippen molar-refractivity contribution in [3.8, 4) is 0 Å². The number of amides is 1. The largest absolute Gasteiger partial charge is 0.347 e. The van der Waals surface area contributed by atoms with E-state index in [4.69, 9.17) is 0 Å². The van der Waals surface area contributed by atoms with Gasteiger partial charge in [0.25, 0.3) is 5.56 Å². The fraction of sp³-hybridized carbons (Fsp3) is 0.312. The van der Waals surface area contributed by atoms with Gasteiger partial charge in [0.15, 0.2) is 0 Å². The summed E-state index contributed by atoms with van der Waals surface area (Å²) in [5.74, 6) is -0.179. The Balaban J connectivity index is 1.90. The van der Waals surface area contributed by atoms with Crippen LogP contribution < -0.4 is 16.6 Å². The average molecular weight is 342 g/mol. The predicted molar refractivity (Wildman–Crippen MR) is 90.9 cm³/mol. The number of hydrogen-bond acceptors (Lipinski definition) is 5. The van der Waals surface area contributed by atoms with Crippen LogP contribution in [0.25, 0.3) is 10.9 Å². The summed E-state index contributed by atoms with van der Waals surface area (Å²) >= 11 is 0. The summed E-state index contributed by atoms with van der Waals surface area (Å²) in [4.78, 5) is 43.1. The molecule has 9 heteroatoms. The zero-order valence-electron chi connectivity index (χ0n) is 13.8. The third-order valence-electron chi connectivity index (χ3n) is 3.87. The van der Waals surface area contributed by atoms with E-state index in [2.05, 4.69) is 25.5 Å². The van der Waals surface area contributed by atoms with Crippen molar-refractivity contribution in [2.45, 2.75) is 26.4 Å². The van der Waals surface area contributed by atoms with Crippen LogP contribution in [-0.2, 0) is 11.3 Å². The van der Waals surface area contributed by atoms with E-state index in [0.717, 1.165) is 0 Å². The third kappa shape index (κ3) is 3.35. The minimum absolute atomic E-state index is 0.0521. The quantitative estimate of drug-likeness (QED) is 0.616. The highest BCUT2D eigenvalue weighted by atomic mass is 16.2.